The molecule has 2 aromatic heterocycles. The summed E-state index contributed by atoms with van der Waals surface area (Å²) in [5.74, 6) is 3.62. The van der Waals surface area contributed by atoms with E-state index in [1.807, 2.05) is 13.1 Å². The molecule has 18 heavy (non-hydrogen) atoms. The smallest absolute Gasteiger partial charge is 0.213 e. The van der Waals surface area contributed by atoms with Crippen LogP contribution in [-0.2, 0) is 6.54 Å². The maximum absolute atomic E-state index is 4.67. The van der Waals surface area contributed by atoms with E-state index in [-0.39, 0.29) is 0 Å². The van der Waals surface area contributed by atoms with E-state index in [0.29, 0.717) is 18.3 Å². The lowest BCUT2D eigenvalue weighted by Gasteiger charge is -2.08. The zero-order valence-electron chi connectivity index (χ0n) is 10.1. The van der Waals surface area contributed by atoms with Gasteiger partial charge in [-0.15, -0.1) is 0 Å². The Balaban J connectivity index is 1.75. The van der Waals surface area contributed by atoms with Gasteiger partial charge in [0.1, 0.15) is 17.5 Å². The topological polar surface area (TPSA) is 88.8 Å². The molecule has 2 heterocycles. The predicted molar refractivity (Wildman–Crippen MR) is 65.2 cm³/mol. The highest BCUT2D eigenvalue weighted by Crippen LogP contribution is 2.38. The molecule has 0 unspecified atom stereocenters. The second-order valence-electron chi connectivity index (χ2n) is 4.22. The van der Waals surface area contributed by atoms with Gasteiger partial charge in [0, 0.05) is 19.0 Å². The van der Waals surface area contributed by atoms with Crippen LogP contribution in [0.5, 0.6) is 0 Å². The summed E-state index contributed by atoms with van der Waals surface area (Å²) in [5.41, 5.74) is 0. The molecule has 0 atom stereocenters. The third-order valence-corrected chi connectivity index (χ3v) is 2.78. The highest BCUT2D eigenvalue weighted by Gasteiger charge is 2.27. The van der Waals surface area contributed by atoms with Gasteiger partial charge in [-0.1, -0.05) is 5.16 Å². The summed E-state index contributed by atoms with van der Waals surface area (Å²) in [6.07, 6.45) is 3.67. The summed E-state index contributed by atoms with van der Waals surface area (Å²) in [6.45, 7) is 0.487. The van der Waals surface area contributed by atoms with E-state index >= 15 is 0 Å². The number of anilines is 2. The molecule has 0 saturated heterocycles. The molecule has 94 valence electrons. The number of hydrogen-bond donors (Lipinski definition) is 2. The van der Waals surface area contributed by atoms with Gasteiger partial charge in [-0.25, -0.2) is 9.97 Å². The molecule has 1 aliphatic rings. The van der Waals surface area contributed by atoms with Gasteiger partial charge in [0.15, 0.2) is 5.82 Å². The fraction of sp³-hybridized carbons (Fsp3) is 0.455. The Morgan fingerprint density at radius 1 is 1.33 bits per heavy atom. The second kappa shape index (κ2) is 4.59. The van der Waals surface area contributed by atoms with Crippen molar-refractivity contribution in [1.82, 2.24) is 20.1 Å². The van der Waals surface area contributed by atoms with E-state index in [4.69, 9.17) is 0 Å². The number of aromatic nitrogens is 4. The highest BCUT2D eigenvalue weighted by atomic mass is 16.5. The first-order chi connectivity index (χ1) is 8.85. The Labute approximate surface area is 104 Å². The van der Waals surface area contributed by atoms with Crippen molar-refractivity contribution in [3.63, 3.8) is 0 Å². The molecule has 0 amide bonds. The van der Waals surface area contributed by atoms with E-state index in [2.05, 4.69) is 35.3 Å². The number of nitrogens with zero attached hydrogens (tertiary/aromatic N) is 4. The quantitative estimate of drug-likeness (QED) is 0.824. The van der Waals surface area contributed by atoms with Crippen LogP contribution in [-0.4, -0.2) is 27.2 Å². The lowest BCUT2D eigenvalue weighted by Crippen LogP contribution is -2.07. The molecular weight excluding hydrogens is 232 g/mol. The third-order valence-electron chi connectivity index (χ3n) is 2.78. The van der Waals surface area contributed by atoms with Crippen molar-refractivity contribution < 1.29 is 4.52 Å². The van der Waals surface area contributed by atoms with Gasteiger partial charge in [-0.2, -0.15) is 4.98 Å². The van der Waals surface area contributed by atoms with E-state index < -0.39 is 0 Å². The van der Waals surface area contributed by atoms with Crippen molar-refractivity contribution in [2.45, 2.75) is 25.3 Å². The Kier molecular flexibility index (Phi) is 2.79. The van der Waals surface area contributed by atoms with Crippen LogP contribution in [0.3, 0.4) is 0 Å². The Morgan fingerprint density at radius 3 is 2.83 bits per heavy atom. The van der Waals surface area contributed by atoms with Gasteiger partial charge in [0.2, 0.25) is 6.39 Å². The SMILES string of the molecule is CNc1cc(NCc2ncon2)nc(C2CC2)n1. The van der Waals surface area contributed by atoms with Gasteiger partial charge in [-0.3, -0.25) is 0 Å². The molecule has 7 nitrogen and oxygen atoms in total. The fourth-order valence-corrected chi connectivity index (χ4v) is 1.65. The number of nitrogens with one attached hydrogen (secondary N) is 2. The largest absolute Gasteiger partial charge is 0.373 e. The van der Waals surface area contributed by atoms with E-state index in [1.54, 1.807) is 0 Å². The predicted octanol–water partition coefficient (Wildman–Crippen LogP) is 1.39. The second-order valence-corrected chi connectivity index (χ2v) is 4.22. The lowest BCUT2D eigenvalue weighted by molar-refractivity contribution is 0.411. The summed E-state index contributed by atoms with van der Waals surface area (Å²) in [6, 6.07) is 1.87. The van der Waals surface area contributed by atoms with Gasteiger partial charge < -0.3 is 15.2 Å². The van der Waals surface area contributed by atoms with Crippen molar-refractivity contribution in [1.29, 1.82) is 0 Å². The standard InChI is InChI=1S/C11H14N6O/c1-12-8-4-9(13-5-10-14-6-18-17-10)16-11(15-8)7-2-3-7/h4,6-7H,2-3,5H2,1H3,(H2,12,13,15,16). The van der Waals surface area contributed by atoms with E-state index in [0.717, 1.165) is 17.5 Å². The fourth-order valence-electron chi connectivity index (χ4n) is 1.65. The first-order valence-electron chi connectivity index (χ1n) is 5.91. The van der Waals surface area contributed by atoms with Gasteiger partial charge in [-0.05, 0) is 12.8 Å². The van der Waals surface area contributed by atoms with Gasteiger partial charge in [0.25, 0.3) is 0 Å². The minimum absolute atomic E-state index is 0.487. The van der Waals surface area contributed by atoms with Crippen LogP contribution in [0, 0.1) is 0 Å². The average Bonchev–Trinajstić information content (AvgIpc) is 3.13. The molecule has 0 bridgehead atoms. The third kappa shape index (κ3) is 2.39. The van der Waals surface area contributed by atoms with Crippen LogP contribution in [0.2, 0.25) is 0 Å². The molecule has 0 spiro atoms. The molecule has 7 heteroatoms. The molecular formula is C11H14N6O. The molecule has 1 fully saturated rings. The van der Waals surface area contributed by atoms with E-state index in [9.17, 15) is 0 Å². The van der Waals surface area contributed by atoms with Crippen LogP contribution in [0.4, 0.5) is 11.6 Å². The highest BCUT2D eigenvalue weighted by molar-refractivity contribution is 5.47. The summed E-state index contributed by atoms with van der Waals surface area (Å²) in [5, 5.41) is 9.95. The first-order valence-corrected chi connectivity index (χ1v) is 5.91. The molecule has 1 saturated carbocycles. The Bertz CT molecular complexity index is 522. The zero-order chi connectivity index (χ0) is 12.4. The van der Waals surface area contributed by atoms with Crippen molar-refractivity contribution in [3.8, 4) is 0 Å². The minimum Gasteiger partial charge on any atom is -0.373 e. The van der Waals surface area contributed by atoms with Crippen LogP contribution >= 0.6 is 0 Å². The summed E-state index contributed by atoms with van der Waals surface area (Å²) in [4.78, 5) is 12.9. The first kappa shape index (κ1) is 10.9. The summed E-state index contributed by atoms with van der Waals surface area (Å²) < 4.78 is 4.67. The maximum atomic E-state index is 4.67. The molecule has 2 N–H and O–H groups in total. The number of rotatable bonds is 5. The lowest BCUT2D eigenvalue weighted by atomic mass is 10.3. The summed E-state index contributed by atoms with van der Waals surface area (Å²) in [7, 11) is 1.85. The average molecular weight is 246 g/mol. The minimum atomic E-state index is 0.487. The molecule has 0 radical (unpaired) electrons. The van der Waals surface area contributed by atoms with Gasteiger partial charge >= 0.3 is 0 Å². The monoisotopic (exact) mass is 246 g/mol. The van der Waals surface area contributed by atoms with Crippen LogP contribution in [0.1, 0.15) is 30.4 Å². The normalized spacial score (nSPS) is 14.5. The Morgan fingerprint density at radius 2 is 2.17 bits per heavy atom. The Hall–Kier alpha value is -2.18. The maximum Gasteiger partial charge on any atom is 0.213 e. The molecule has 3 rings (SSSR count). The zero-order valence-corrected chi connectivity index (χ0v) is 10.1. The van der Waals surface area contributed by atoms with Crippen LogP contribution < -0.4 is 10.6 Å². The van der Waals surface area contributed by atoms with Crippen molar-refractivity contribution in [2.75, 3.05) is 17.7 Å². The molecule has 0 aliphatic heterocycles. The van der Waals surface area contributed by atoms with Crippen LogP contribution in [0.15, 0.2) is 17.0 Å². The van der Waals surface area contributed by atoms with Crippen molar-refractivity contribution in [2.24, 2.45) is 0 Å². The van der Waals surface area contributed by atoms with Crippen molar-refractivity contribution >= 4 is 11.6 Å². The van der Waals surface area contributed by atoms with Crippen molar-refractivity contribution in [3.05, 3.63) is 24.1 Å². The molecule has 1 aliphatic carbocycles. The van der Waals surface area contributed by atoms with Crippen LogP contribution in [0.25, 0.3) is 0 Å². The molecule has 0 aromatic carbocycles. The molecule has 2 aromatic rings. The summed E-state index contributed by atoms with van der Waals surface area (Å²) >= 11 is 0. The van der Waals surface area contributed by atoms with Gasteiger partial charge in [0.05, 0.1) is 6.54 Å². The number of hydrogen-bond acceptors (Lipinski definition) is 7. The van der Waals surface area contributed by atoms with E-state index in [1.165, 1.54) is 19.2 Å².